The Morgan fingerprint density at radius 3 is 2.92 bits per heavy atom. The monoisotopic (exact) mass is 169 g/mol. The van der Waals surface area contributed by atoms with Gasteiger partial charge >= 0.3 is 5.97 Å². The molecule has 0 aliphatic carbocycles. The normalized spacial score (nSPS) is 12.8. The molecular formula is C7H11N3O2. The van der Waals surface area contributed by atoms with Crippen molar-refractivity contribution < 1.29 is 9.90 Å². The lowest BCUT2D eigenvalue weighted by atomic mass is 10.2. The number of carbonyl (C=O) groups is 1. The van der Waals surface area contributed by atoms with Crippen molar-refractivity contribution in [1.82, 2.24) is 9.55 Å². The molecule has 5 nitrogen and oxygen atoms in total. The number of nitrogens with zero attached hydrogens (tertiary/aromatic N) is 2. The summed E-state index contributed by atoms with van der Waals surface area (Å²) in [4.78, 5) is 14.5. The quantitative estimate of drug-likeness (QED) is 0.657. The van der Waals surface area contributed by atoms with Crippen LogP contribution in [-0.2, 0) is 4.79 Å². The van der Waals surface area contributed by atoms with E-state index < -0.39 is 12.0 Å². The van der Waals surface area contributed by atoms with Crippen LogP contribution < -0.4 is 5.73 Å². The highest BCUT2D eigenvalue weighted by Crippen LogP contribution is 2.09. The number of hydrogen-bond acceptors (Lipinski definition) is 3. The third kappa shape index (κ3) is 1.82. The molecule has 0 fully saturated rings. The molecule has 0 aliphatic rings. The Bertz CT molecular complexity index is 245. The number of nitrogens with two attached hydrogens (primary N) is 1. The summed E-state index contributed by atoms with van der Waals surface area (Å²) in [5.74, 6) is -0.876. The third-order valence-electron chi connectivity index (χ3n) is 1.61. The van der Waals surface area contributed by atoms with E-state index in [0.717, 1.165) is 0 Å². The van der Waals surface area contributed by atoms with Gasteiger partial charge in [0.2, 0.25) is 0 Å². The van der Waals surface area contributed by atoms with Crippen LogP contribution in [0.25, 0.3) is 0 Å². The number of carboxylic acid groups (broad SMARTS) is 1. The van der Waals surface area contributed by atoms with E-state index in [1.54, 1.807) is 12.4 Å². The van der Waals surface area contributed by atoms with Crippen molar-refractivity contribution in [3.8, 4) is 0 Å². The molecule has 0 aliphatic heterocycles. The molecule has 0 saturated carbocycles. The average molecular weight is 169 g/mol. The van der Waals surface area contributed by atoms with Gasteiger partial charge in [0.25, 0.3) is 0 Å². The minimum Gasteiger partial charge on any atom is -0.480 e. The van der Waals surface area contributed by atoms with Gasteiger partial charge in [-0.1, -0.05) is 0 Å². The summed E-state index contributed by atoms with van der Waals surface area (Å²) in [5.41, 5.74) is 5.28. The summed E-state index contributed by atoms with van der Waals surface area (Å²) in [6, 6.07) is -0.586. The predicted octanol–water partition coefficient (Wildman–Crippen LogP) is -0.142. The topological polar surface area (TPSA) is 81.1 Å². The predicted molar refractivity (Wildman–Crippen MR) is 42.6 cm³/mol. The third-order valence-corrected chi connectivity index (χ3v) is 1.61. The van der Waals surface area contributed by atoms with Crippen LogP contribution in [0.5, 0.6) is 0 Å². The second-order valence-electron chi connectivity index (χ2n) is 2.44. The largest absolute Gasteiger partial charge is 0.480 e. The first-order valence-electron chi connectivity index (χ1n) is 3.66. The minimum atomic E-state index is -0.876. The SMILES string of the molecule is NCCC(C(=O)O)n1ccnc1. The van der Waals surface area contributed by atoms with E-state index in [0.29, 0.717) is 13.0 Å². The van der Waals surface area contributed by atoms with Crippen LogP contribution in [0.1, 0.15) is 12.5 Å². The van der Waals surface area contributed by atoms with Crippen molar-refractivity contribution in [2.45, 2.75) is 12.5 Å². The zero-order chi connectivity index (χ0) is 8.97. The van der Waals surface area contributed by atoms with Crippen LogP contribution in [0.3, 0.4) is 0 Å². The fraction of sp³-hybridized carbons (Fsp3) is 0.429. The molecule has 0 bridgehead atoms. The average Bonchev–Trinajstić information content (AvgIpc) is 2.51. The molecule has 1 rings (SSSR count). The number of rotatable bonds is 4. The van der Waals surface area contributed by atoms with Gasteiger partial charge in [-0.15, -0.1) is 0 Å². The van der Waals surface area contributed by atoms with Gasteiger partial charge in [-0.2, -0.15) is 0 Å². The molecule has 1 unspecified atom stereocenters. The van der Waals surface area contributed by atoms with Gasteiger partial charge in [0.15, 0.2) is 0 Å². The summed E-state index contributed by atoms with van der Waals surface area (Å²) in [7, 11) is 0. The lowest BCUT2D eigenvalue weighted by Gasteiger charge is -2.11. The molecule has 1 atom stereocenters. The van der Waals surface area contributed by atoms with Gasteiger partial charge in [0.1, 0.15) is 6.04 Å². The standard InChI is InChI=1S/C7H11N3O2/c8-2-1-6(7(11)12)10-4-3-9-5-10/h3-6H,1-2,8H2,(H,11,12). The molecule has 0 aromatic carbocycles. The molecule has 1 aromatic heterocycles. The van der Waals surface area contributed by atoms with E-state index in [-0.39, 0.29) is 0 Å². The first-order chi connectivity index (χ1) is 5.75. The van der Waals surface area contributed by atoms with E-state index in [2.05, 4.69) is 4.98 Å². The molecule has 12 heavy (non-hydrogen) atoms. The van der Waals surface area contributed by atoms with Gasteiger partial charge in [-0.05, 0) is 13.0 Å². The van der Waals surface area contributed by atoms with Crippen LogP contribution in [-0.4, -0.2) is 27.2 Å². The number of imidazole rings is 1. The Morgan fingerprint density at radius 1 is 1.75 bits per heavy atom. The fourth-order valence-electron chi connectivity index (χ4n) is 1.01. The summed E-state index contributed by atoms with van der Waals surface area (Å²) in [6.07, 6.45) is 5.07. The molecule has 0 radical (unpaired) electrons. The van der Waals surface area contributed by atoms with Crippen molar-refractivity contribution in [3.63, 3.8) is 0 Å². The van der Waals surface area contributed by atoms with Gasteiger partial charge in [-0.25, -0.2) is 9.78 Å². The van der Waals surface area contributed by atoms with E-state index in [4.69, 9.17) is 10.8 Å². The van der Waals surface area contributed by atoms with Crippen LogP contribution in [0.15, 0.2) is 18.7 Å². The minimum absolute atomic E-state index is 0.356. The smallest absolute Gasteiger partial charge is 0.326 e. The Morgan fingerprint density at radius 2 is 2.50 bits per heavy atom. The number of carboxylic acids is 1. The first kappa shape index (κ1) is 8.73. The maximum atomic E-state index is 10.7. The number of hydrogen-bond donors (Lipinski definition) is 2. The molecule has 3 N–H and O–H groups in total. The molecule has 1 heterocycles. The van der Waals surface area contributed by atoms with Crippen molar-refractivity contribution in [2.75, 3.05) is 6.54 Å². The van der Waals surface area contributed by atoms with E-state index in [1.807, 2.05) is 0 Å². The van der Waals surface area contributed by atoms with Crippen molar-refractivity contribution in [1.29, 1.82) is 0 Å². The highest BCUT2D eigenvalue weighted by molar-refractivity contribution is 5.71. The molecule has 0 spiro atoms. The highest BCUT2D eigenvalue weighted by Gasteiger charge is 2.16. The molecule has 66 valence electrons. The maximum Gasteiger partial charge on any atom is 0.326 e. The molecule has 0 amide bonds. The maximum absolute atomic E-state index is 10.7. The second-order valence-corrected chi connectivity index (χ2v) is 2.44. The second kappa shape index (κ2) is 3.87. The molecule has 0 saturated heterocycles. The van der Waals surface area contributed by atoms with Crippen LogP contribution in [0, 0.1) is 0 Å². The van der Waals surface area contributed by atoms with Gasteiger partial charge in [0, 0.05) is 12.4 Å². The van der Waals surface area contributed by atoms with Gasteiger partial charge < -0.3 is 15.4 Å². The van der Waals surface area contributed by atoms with Gasteiger partial charge in [-0.3, -0.25) is 0 Å². The van der Waals surface area contributed by atoms with Gasteiger partial charge in [0.05, 0.1) is 6.33 Å². The number of aliphatic carboxylic acids is 1. The highest BCUT2D eigenvalue weighted by atomic mass is 16.4. The lowest BCUT2D eigenvalue weighted by molar-refractivity contribution is -0.141. The fourth-order valence-corrected chi connectivity index (χ4v) is 1.01. The van der Waals surface area contributed by atoms with Crippen molar-refractivity contribution in [2.24, 2.45) is 5.73 Å². The molecule has 5 heteroatoms. The lowest BCUT2D eigenvalue weighted by Crippen LogP contribution is -2.21. The Hall–Kier alpha value is -1.36. The van der Waals surface area contributed by atoms with Crippen LogP contribution >= 0.6 is 0 Å². The Balaban J connectivity index is 2.73. The Kier molecular flexibility index (Phi) is 2.82. The molecular weight excluding hydrogens is 158 g/mol. The van der Waals surface area contributed by atoms with E-state index in [1.165, 1.54) is 10.9 Å². The first-order valence-corrected chi connectivity index (χ1v) is 3.66. The van der Waals surface area contributed by atoms with Crippen molar-refractivity contribution in [3.05, 3.63) is 18.7 Å². The van der Waals surface area contributed by atoms with Crippen molar-refractivity contribution >= 4 is 5.97 Å². The van der Waals surface area contributed by atoms with E-state index in [9.17, 15) is 4.79 Å². The summed E-state index contributed by atoms with van der Waals surface area (Å²) >= 11 is 0. The number of aromatic nitrogens is 2. The zero-order valence-corrected chi connectivity index (χ0v) is 6.55. The zero-order valence-electron chi connectivity index (χ0n) is 6.55. The van der Waals surface area contributed by atoms with Crippen LogP contribution in [0.4, 0.5) is 0 Å². The van der Waals surface area contributed by atoms with Crippen LogP contribution in [0.2, 0.25) is 0 Å². The summed E-state index contributed by atoms with van der Waals surface area (Å²) < 4.78 is 1.54. The van der Waals surface area contributed by atoms with E-state index >= 15 is 0 Å². The summed E-state index contributed by atoms with van der Waals surface area (Å²) in [6.45, 7) is 0.356. The summed E-state index contributed by atoms with van der Waals surface area (Å²) in [5, 5.41) is 8.77. The molecule has 1 aromatic rings. The Labute approximate surface area is 69.8 Å².